The Balaban J connectivity index is 0.000000980. The molecule has 0 saturated carbocycles. The van der Waals surface area contributed by atoms with E-state index >= 15 is 0 Å². The van der Waals surface area contributed by atoms with Crippen LogP contribution in [-0.2, 0) is 0 Å². The number of aromatic nitrogens is 2. The van der Waals surface area contributed by atoms with Gasteiger partial charge in [0.25, 0.3) is 0 Å². The average molecular weight is 230 g/mol. The van der Waals surface area contributed by atoms with Crippen LogP contribution in [0.3, 0.4) is 0 Å². The quantitative estimate of drug-likeness (QED) is 0.832. The minimum Gasteiger partial charge on any atom is -0.351 e. The molecule has 0 radical (unpaired) electrons. The van der Waals surface area contributed by atoms with Gasteiger partial charge in [-0.3, -0.25) is 0 Å². The van der Waals surface area contributed by atoms with Crippen molar-refractivity contribution in [3.05, 3.63) is 28.8 Å². The number of aromatic amines is 1. The molecule has 1 atom stereocenters. The summed E-state index contributed by atoms with van der Waals surface area (Å²) in [6, 6.07) is 2.20. The van der Waals surface area contributed by atoms with Gasteiger partial charge in [-0.1, -0.05) is 0 Å². The molecule has 14 heavy (non-hydrogen) atoms. The summed E-state index contributed by atoms with van der Waals surface area (Å²) in [5.41, 5.74) is 7.88. The van der Waals surface area contributed by atoms with Gasteiger partial charge in [-0.05, 0) is 13.0 Å². The van der Waals surface area contributed by atoms with E-state index in [0.717, 1.165) is 11.3 Å². The molecular weight excluding hydrogens is 218 g/mol. The lowest BCUT2D eigenvalue weighted by atomic mass is 10.2. The first kappa shape index (κ1) is 11.2. The number of thiophene rings is 1. The predicted molar refractivity (Wildman–Crippen MR) is 61.8 cm³/mol. The number of hydrogen-bond donors (Lipinski definition) is 2. The van der Waals surface area contributed by atoms with Crippen molar-refractivity contribution < 1.29 is 0 Å². The number of hydrogen-bond acceptors (Lipinski definition) is 3. The summed E-state index contributed by atoms with van der Waals surface area (Å²) < 4.78 is 0. The zero-order valence-corrected chi connectivity index (χ0v) is 9.36. The molecule has 5 heteroatoms. The van der Waals surface area contributed by atoms with Crippen LogP contribution in [0.4, 0.5) is 0 Å². The summed E-state index contributed by atoms with van der Waals surface area (Å²) >= 11 is 1.68. The molecule has 2 aromatic heterocycles. The SMILES string of the molecule is CC(N)c1cc(-c2c[nH]cn2)cs1.Cl. The Kier molecular flexibility index (Phi) is 3.69. The van der Waals surface area contributed by atoms with Crippen LogP contribution in [0.25, 0.3) is 11.3 Å². The van der Waals surface area contributed by atoms with Crippen LogP contribution in [-0.4, -0.2) is 9.97 Å². The van der Waals surface area contributed by atoms with Gasteiger partial charge in [0.2, 0.25) is 0 Å². The average Bonchev–Trinajstić information content (AvgIpc) is 2.75. The minimum atomic E-state index is 0. The number of H-pyrrole nitrogens is 1. The van der Waals surface area contributed by atoms with E-state index in [1.165, 1.54) is 4.88 Å². The van der Waals surface area contributed by atoms with Crippen LogP contribution in [0.15, 0.2) is 24.0 Å². The lowest BCUT2D eigenvalue weighted by molar-refractivity contribution is 0.838. The number of imidazole rings is 1. The first-order valence-corrected chi connectivity index (χ1v) is 4.98. The fourth-order valence-corrected chi connectivity index (χ4v) is 2.01. The van der Waals surface area contributed by atoms with Crippen LogP contribution in [0, 0.1) is 0 Å². The van der Waals surface area contributed by atoms with E-state index < -0.39 is 0 Å². The maximum atomic E-state index is 5.76. The monoisotopic (exact) mass is 229 g/mol. The predicted octanol–water partition coefficient (Wildman–Crippen LogP) is 2.58. The summed E-state index contributed by atoms with van der Waals surface area (Å²) in [7, 11) is 0. The standard InChI is InChI=1S/C9H11N3S.ClH/c1-6(10)9-2-7(4-13-9)8-3-11-5-12-8;/h2-6H,10H2,1H3,(H,11,12);1H. The third-order valence-corrected chi connectivity index (χ3v) is 3.00. The molecule has 2 rings (SSSR count). The Morgan fingerprint density at radius 3 is 2.86 bits per heavy atom. The highest BCUT2D eigenvalue weighted by Crippen LogP contribution is 2.26. The summed E-state index contributed by atoms with van der Waals surface area (Å²) in [6.45, 7) is 1.99. The molecule has 0 fully saturated rings. The third-order valence-electron chi connectivity index (χ3n) is 1.86. The Bertz CT molecular complexity index is 380. The minimum absolute atomic E-state index is 0. The number of nitrogens with one attached hydrogen (secondary N) is 1. The molecule has 0 amide bonds. The molecule has 0 saturated heterocycles. The molecule has 0 aliphatic carbocycles. The van der Waals surface area contributed by atoms with Crippen molar-refractivity contribution in [1.29, 1.82) is 0 Å². The summed E-state index contributed by atoms with van der Waals surface area (Å²) in [5.74, 6) is 0. The van der Waals surface area contributed by atoms with E-state index in [0.29, 0.717) is 0 Å². The summed E-state index contributed by atoms with van der Waals surface area (Å²) in [6.07, 6.45) is 3.56. The molecule has 0 bridgehead atoms. The Labute approximate surface area is 92.8 Å². The molecule has 0 spiro atoms. The molecule has 2 aromatic rings. The second-order valence-corrected chi connectivity index (χ2v) is 3.92. The van der Waals surface area contributed by atoms with Crippen LogP contribution < -0.4 is 5.73 Å². The van der Waals surface area contributed by atoms with Gasteiger partial charge in [0.05, 0.1) is 12.0 Å². The fourth-order valence-electron chi connectivity index (χ4n) is 1.14. The highest BCUT2D eigenvalue weighted by molar-refractivity contribution is 7.10. The van der Waals surface area contributed by atoms with Gasteiger partial charge in [0.15, 0.2) is 0 Å². The molecule has 3 nitrogen and oxygen atoms in total. The van der Waals surface area contributed by atoms with Crippen LogP contribution in [0.5, 0.6) is 0 Å². The van der Waals surface area contributed by atoms with Gasteiger partial charge >= 0.3 is 0 Å². The first-order chi connectivity index (χ1) is 6.27. The van der Waals surface area contributed by atoms with E-state index in [1.807, 2.05) is 13.1 Å². The molecule has 3 N–H and O–H groups in total. The van der Waals surface area contributed by atoms with E-state index in [9.17, 15) is 0 Å². The van der Waals surface area contributed by atoms with E-state index in [4.69, 9.17) is 5.73 Å². The molecule has 0 aromatic carbocycles. The van der Waals surface area contributed by atoms with Gasteiger partial charge in [-0.15, -0.1) is 23.7 Å². The first-order valence-electron chi connectivity index (χ1n) is 4.10. The van der Waals surface area contributed by atoms with Crippen molar-refractivity contribution in [2.24, 2.45) is 5.73 Å². The summed E-state index contributed by atoms with van der Waals surface area (Å²) in [5, 5.41) is 2.08. The van der Waals surface area contributed by atoms with Crippen molar-refractivity contribution >= 4 is 23.7 Å². The van der Waals surface area contributed by atoms with Gasteiger partial charge in [-0.25, -0.2) is 4.98 Å². The largest absolute Gasteiger partial charge is 0.351 e. The Morgan fingerprint density at radius 1 is 1.57 bits per heavy atom. The van der Waals surface area contributed by atoms with E-state index in [1.54, 1.807) is 17.7 Å². The van der Waals surface area contributed by atoms with Crippen molar-refractivity contribution in [2.75, 3.05) is 0 Å². The van der Waals surface area contributed by atoms with Crippen LogP contribution in [0.1, 0.15) is 17.8 Å². The lowest BCUT2D eigenvalue weighted by Gasteiger charge is -1.97. The normalized spacial score (nSPS) is 12.1. The number of nitrogens with zero attached hydrogens (tertiary/aromatic N) is 1. The van der Waals surface area contributed by atoms with E-state index in [2.05, 4.69) is 21.4 Å². The van der Waals surface area contributed by atoms with Gasteiger partial charge in [-0.2, -0.15) is 0 Å². The molecule has 76 valence electrons. The molecule has 0 aliphatic heterocycles. The highest BCUT2D eigenvalue weighted by Gasteiger charge is 2.06. The van der Waals surface area contributed by atoms with Gasteiger partial charge in [0, 0.05) is 28.1 Å². The number of halogens is 1. The highest BCUT2D eigenvalue weighted by atomic mass is 35.5. The van der Waals surface area contributed by atoms with Crippen molar-refractivity contribution in [3.8, 4) is 11.3 Å². The third kappa shape index (κ3) is 2.15. The number of rotatable bonds is 2. The number of nitrogens with two attached hydrogens (primary N) is 1. The second kappa shape index (κ2) is 4.59. The molecule has 2 heterocycles. The Hall–Kier alpha value is -0.840. The molecule has 1 unspecified atom stereocenters. The zero-order chi connectivity index (χ0) is 9.26. The van der Waals surface area contributed by atoms with Gasteiger partial charge < -0.3 is 10.7 Å². The fraction of sp³-hybridized carbons (Fsp3) is 0.222. The molecular formula is C9H12ClN3S. The topological polar surface area (TPSA) is 54.7 Å². The van der Waals surface area contributed by atoms with Crippen molar-refractivity contribution in [1.82, 2.24) is 9.97 Å². The lowest BCUT2D eigenvalue weighted by Crippen LogP contribution is -2.01. The molecule has 0 aliphatic rings. The van der Waals surface area contributed by atoms with Crippen molar-refractivity contribution in [2.45, 2.75) is 13.0 Å². The zero-order valence-electron chi connectivity index (χ0n) is 7.73. The van der Waals surface area contributed by atoms with Crippen molar-refractivity contribution in [3.63, 3.8) is 0 Å². The van der Waals surface area contributed by atoms with E-state index in [-0.39, 0.29) is 18.4 Å². The maximum absolute atomic E-state index is 5.76. The second-order valence-electron chi connectivity index (χ2n) is 2.98. The smallest absolute Gasteiger partial charge is 0.0927 e. The summed E-state index contributed by atoms with van der Waals surface area (Å²) in [4.78, 5) is 8.29. The van der Waals surface area contributed by atoms with Crippen LogP contribution >= 0.6 is 23.7 Å². The maximum Gasteiger partial charge on any atom is 0.0927 e. The Morgan fingerprint density at radius 2 is 2.36 bits per heavy atom. The van der Waals surface area contributed by atoms with Crippen LogP contribution in [0.2, 0.25) is 0 Å². The van der Waals surface area contributed by atoms with Gasteiger partial charge in [0.1, 0.15) is 0 Å².